The van der Waals surface area contributed by atoms with Gasteiger partial charge in [0.05, 0.1) is 11.8 Å². The first kappa shape index (κ1) is 34.8. The number of hydrogen-bond donors (Lipinski definition) is 4. The van der Waals surface area contributed by atoms with Crippen molar-refractivity contribution in [2.45, 2.75) is 87.8 Å². The van der Waals surface area contributed by atoms with Crippen LogP contribution in [0.2, 0.25) is 0 Å². The van der Waals surface area contributed by atoms with Crippen LogP contribution in [0.3, 0.4) is 0 Å². The molecule has 4 N–H and O–H groups in total. The smallest absolute Gasteiger partial charge is 0.405 e. The Morgan fingerprint density at radius 1 is 1.08 bits per heavy atom. The van der Waals surface area contributed by atoms with Crippen molar-refractivity contribution in [3.05, 3.63) is 36.5 Å². The molecule has 1 aromatic carbocycles. The second-order valence-corrected chi connectivity index (χ2v) is 16.4. The first-order valence-electron chi connectivity index (χ1n) is 17.5. The fourth-order valence-corrected chi connectivity index (χ4v) is 8.98. The molecule has 4 amide bonds. The standard InChI is InChI=1S/C35H43N5O10S/c1-19-5-3-4-6-21-17-35(21,33(43)39-51(46,47)23-7-8-23)38-30(41)26-16-22(18-40(26)32(42)28(20(2)15-19)37-34(44)45)50-31-25-9-10-27-29(49-14-13-48-27)24(25)11-12-36-31/h4,6,9-12,19-23,26,28,37H,3,5,7-8,13-18H2,1-2H3,(H,38,41)(H,39,43)(H,44,45)/b6-4-/t19-,20+,21+,22+,26-,28-,35+/m0/s1. The van der Waals surface area contributed by atoms with Crippen LogP contribution in [-0.2, 0) is 24.4 Å². The molecule has 0 radical (unpaired) electrons. The number of rotatable bonds is 6. The van der Waals surface area contributed by atoms with Crippen LogP contribution in [0.15, 0.2) is 36.5 Å². The number of fused-ring (bicyclic) bond motifs is 5. The maximum atomic E-state index is 14.4. The SMILES string of the molecule is C[C@H]1CC/C=C\[C@@H]2C[C@@]2(C(=O)NS(=O)(=O)C2CC2)NC(=O)[C@@H]2C[C@@H](Oc3nccc4c5c(ccc34)OCCO5)CN2C(=O)[C@@H](NC(=O)O)[C@H](C)C1. The third kappa shape index (κ3) is 7.02. The summed E-state index contributed by atoms with van der Waals surface area (Å²) in [6.45, 7) is 4.57. The number of carbonyl (C=O) groups excluding carboxylic acids is 3. The zero-order valence-corrected chi connectivity index (χ0v) is 29.3. The van der Waals surface area contributed by atoms with E-state index in [0.717, 1.165) is 11.8 Å². The van der Waals surface area contributed by atoms with Crippen molar-refractivity contribution in [1.29, 1.82) is 0 Å². The molecular formula is C35H43N5O10S. The van der Waals surface area contributed by atoms with Crippen molar-refractivity contribution in [3.8, 4) is 17.4 Å². The van der Waals surface area contributed by atoms with E-state index in [0.29, 0.717) is 55.8 Å². The Labute approximate surface area is 295 Å². The summed E-state index contributed by atoms with van der Waals surface area (Å²) in [6.07, 6.45) is 6.27. The van der Waals surface area contributed by atoms with Crippen LogP contribution >= 0.6 is 0 Å². The minimum Gasteiger partial charge on any atom is -0.486 e. The van der Waals surface area contributed by atoms with Gasteiger partial charge in [0.25, 0.3) is 5.91 Å². The third-order valence-electron chi connectivity index (χ3n) is 10.6. The molecule has 1 saturated heterocycles. The molecule has 0 bridgehead atoms. The van der Waals surface area contributed by atoms with E-state index in [1.807, 2.05) is 26.0 Å². The van der Waals surface area contributed by atoms with Gasteiger partial charge in [0, 0.05) is 29.3 Å². The number of nitrogens with one attached hydrogen (secondary N) is 3. The van der Waals surface area contributed by atoms with Crippen LogP contribution in [0.25, 0.3) is 10.8 Å². The van der Waals surface area contributed by atoms with E-state index < -0.39 is 74.7 Å². The second-order valence-electron chi connectivity index (χ2n) is 14.5. The number of nitrogens with zero attached hydrogens (tertiary/aromatic N) is 2. The van der Waals surface area contributed by atoms with Crippen molar-refractivity contribution in [2.24, 2.45) is 17.8 Å². The fourth-order valence-electron chi connectivity index (χ4n) is 7.62. The second kappa shape index (κ2) is 13.5. The summed E-state index contributed by atoms with van der Waals surface area (Å²) in [7, 11) is -3.90. The highest BCUT2D eigenvalue weighted by Gasteiger charge is 2.62. The van der Waals surface area contributed by atoms with Crippen molar-refractivity contribution < 1.29 is 46.9 Å². The van der Waals surface area contributed by atoms with Gasteiger partial charge < -0.3 is 34.9 Å². The van der Waals surface area contributed by atoms with Crippen LogP contribution in [0, 0.1) is 17.8 Å². The first-order chi connectivity index (χ1) is 24.4. The summed E-state index contributed by atoms with van der Waals surface area (Å²) >= 11 is 0. The lowest BCUT2D eigenvalue weighted by Crippen LogP contribution is -2.59. The van der Waals surface area contributed by atoms with Crippen molar-refractivity contribution in [1.82, 2.24) is 25.2 Å². The summed E-state index contributed by atoms with van der Waals surface area (Å²) in [5, 5.41) is 15.7. The van der Waals surface area contributed by atoms with E-state index >= 15 is 0 Å². The lowest BCUT2D eigenvalue weighted by Gasteiger charge is -2.32. The molecule has 2 aliphatic carbocycles. The molecule has 16 heteroatoms. The molecule has 0 unspecified atom stereocenters. The number of aromatic nitrogens is 1. The minimum atomic E-state index is -3.90. The lowest BCUT2D eigenvalue weighted by molar-refractivity contribution is -0.142. The Hall–Kier alpha value is -4.60. The molecule has 15 nitrogen and oxygen atoms in total. The van der Waals surface area contributed by atoms with E-state index in [1.165, 1.54) is 4.90 Å². The number of ether oxygens (including phenoxy) is 3. The number of hydrogen-bond acceptors (Lipinski definition) is 10. The molecule has 274 valence electrons. The predicted molar refractivity (Wildman–Crippen MR) is 183 cm³/mol. The van der Waals surface area contributed by atoms with Crippen molar-refractivity contribution in [2.75, 3.05) is 19.8 Å². The molecule has 1 aromatic heterocycles. The highest BCUT2D eigenvalue weighted by molar-refractivity contribution is 7.91. The molecule has 3 aliphatic heterocycles. The molecule has 4 heterocycles. The van der Waals surface area contributed by atoms with Crippen LogP contribution in [0.5, 0.6) is 17.4 Å². The Kier molecular flexibility index (Phi) is 9.23. The zero-order valence-electron chi connectivity index (χ0n) is 28.5. The Morgan fingerprint density at radius 3 is 2.63 bits per heavy atom. The molecule has 7 rings (SSSR count). The van der Waals surface area contributed by atoms with E-state index in [9.17, 15) is 32.7 Å². The van der Waals surface area contributed by atoms with Crippen molar-refractivity contribution in [3.63, 3.8) is 0 Å². The number of allylic oxidation sites excluding steroid dienone is 1. The van der Waals surface area contributed by atoms with Gasteiger partial charge >= 0.3 is 6.09 Å². The Morgan fingerprint density at radius 2 is 1.86 bits per heavy atom. The van der Waals surface area contributed by atoms with Gasteiger partial charge in [-0.05, 0) is 68.6 Å². The van der Waals surface area contributed by atoms with Gasteiger partial charge in [-0.1, -0.05) is 26.0 Å². The topological polar surface area (TPSA) is 203 Å². The summed E-state index contributed by atoms with van der Waals surface area (Å²) < 4.78 is 45.8. The Balaban J connectivity index is 1.21. The molecule has 7 atom stereocenters. The van der Waals surface area contributed by atoms with Gasteiger partial charge in [-0.25, -0.2) is 18.2 Å². The van der Waals surface area contributed by atoms with Crippen LogP contribution in [0.1, 0.15) is 58.8 Å². The van der Waals surface area contributed by atoms with Gasteiger partial charge in [-0.3, -0.25) is 19.1 Å². The normalized spacial score (nSPS) is 31.6. The maximum Gasteiger partial charge on any atom is 0.405 e. The number of amides is 4. The van der Waals surface area contributed by atoms with Gasteiger partial charge in [-0.2, -0.15) is 0 Å². The number of benzene rings is 1. The predicted octanol–water partition coefficient (Wildman–Crippen LogP) is 2.49. The van der Waals surface area contributed by atoms with E-state index in [2.05, 4.69) is 20.3 Å². The highest BCUT2D eigenvalue weighted by Crippen LogP contribution is 2.46. The third-order valence-corrected chi connectivity index (χ3v) is 12.4. The molecule has 5 aliphatic rings. The fraction of sp³-hybridized carbons (Fsp3) is 0.571. The highest BCUT2D eigenvalue weighted by atomic mass is 32.2. The van der Waals surface area contributed by atoms with Crippen LogP contribution < -0.4 is 29.6 Å². The van der Waals surface area contributed by atoms with Gasteiger partial charge in [0.2, 0.25) is 27.7 Å². The largest absolute Gasteiger partial charge is 0.486 e. The number of pyridine rings is 1. The summed E-state index contributed by atoms with van der Waals surface area (Å²) in [6, 6.07) is 3.02. The number of sulfonamides is 1. The minimum absolute atomic E-state index is 0.00332. The van der Waals surface area contributed by atoms with Crippen molar-refractivity contribution >= 4 is 44.6 Å². The monoisotopic (exact) mass is 725 g/mol. The van der Waals surface area contributed by atoms with Gasteiger partial charge in [-0.15, -0.1) is 0 Å². The van der Waals surface area contributed by atoms with E-state index in [-0.39, 0.29) is 31.2 Å². The zero-order chi connectivity index (χ0) is 36.1. The molecule has 3 fully saturated rings. The molecule has 51 heavy (non-hydrogen) atoms. The lowest BCUT2D eigenvalue weighted by atomic mass is 9.88. The molecule has 2 saturated carbocycles. The van der Waals surface area contributed by atoms with Crippen LogP contribution in [0.4, 0.5) is 4.79 Å². The molecule has 2 aromatic rings. The number of carboxylic acid groups (broad SMARTS) is 1. The maximum absolute atomic E-state index is 14.4. The quantitative estimate of drug-likeness (QED) is 0.319. The van der Waals surface area contributed by atoms with E-state index in [4.69, 9.17) is 14.2 Å². The summed E-state index contributed by atoms with van der Waals surface area (Å²) in [4.78, 5) is 60.0. The first-order valence-corrected chi connectivity index (χ1v) is 19.1. The van der Waals surface area contributed by atoms with Crippen LogP contribution in [-0.4, -0.2) is 96.0 Å². The van der Waals surface area contributed by atoms with E-state index in [1.54, 1.807) is 24.4 Å². The average molecular weight is 726 g/mol. The number of carbonyl (C=O) groups is 4. The summed E-state index contributed by atoms with van der Waals surface area (Å²) in [5.41, 5.74) is -1.53. The molecule has 0 spiro atoms. The average Bonchev–Trinajstić information content (AvgIpc) is 4.02. The Bertz CT molecular complexity index is 1880. The summed E-state index contributed by atoms with van der Waals surface area (Å²) in [5.74, 6) is -1.40. The van der Waals surface area contributed by atoms with Gasteiger partial charge in [0.15, 0.2) is 11.5 Å². The molecular weight excluding hydrogens is 682 g/mol. The van der Waals surface area contributed by atoms with Gasteiger partial charge in [0.1, 0.15) is 36.9 Å².